The van der Waals surface area contributed by atoms with E-state index in [0.717, 1.165) is 16.7 Å². The number of fused-ring (bicyclic) bond motifs is 1. The average Bonchev–Trinajstić information content (AvgIpc) is 3.31. The van der Waals surface area contributed by atoms with Crippen molar-refractivity contribution in [3.63, 3.8) is 0 Å². The van der Waals surface area contributed by atoms with Crippen LogP contribution in [0.25, 0.3) is 10.9 Å². The molecule has 108 valence electrons. The van der Waals surface area contributed by atoms with Crippen LogP contribution in [0.4, 0.5) is 0 Å². The van der Waals surface area contributed by atoms with Crippen LogP contribution in [0.3, 0.4) is 0 Å². The normalized spacial score (nSPS) is 17.1. The maximum absolute atomic E-state index is 9.35. The summed E-state index contributed by atoms with van der Waals surface area (Å²) < 4.78 is 5.89. The molecule has 0 amide bonds. The molecule has 1 aromatic carbocycles. The molecule has 1 aliphatic rings. The van der Waals surface area contributed by atoms with Crippen LogP contribution >= 0.6 is 0 Å². The quantitative estimate of drug-likeness (QED) is 0.884. The second-order valence-corrected chi connectivity index (χ2v) is 5.79. The van der Waals surface area contributed by atoms with Crippen molar-refractivity contribution in [2.24, 2.45) is 0 Å². The van der Waals surface area contributed by atoms with Gasteiger partial charge in [-0.25, -0.2) is 0 Å². The van der Waals surface area contributed by atoms with Gasteiger partial charge in [0.1, 0.15) is 11.3 Å². The summed E-state index contributed by atoms with van der Waals surface area (Å²) in [5.41, 5.74) is 0.415. The first-order chi connectivity index (χ1) is 10.2. The minimum absolute atomic E-state index is 0.510. The van der Waals surface area contributed by atoms with E-state index >= 15 is 0 Å². The van der Waals surface area contributed by atoms with Crippen LogP contribution in [0.2, 0.25) is 0 Å². The number of hydrogen-bond acceptors (Lipinski definition) is 4. The minimum atomic E-state index is -0.510. The van der Waals surface area contributed by atoms with Crippen molar-refractivity contribution in [3.05, 3.63) is 36.5 Å². The van der Waals surface area contributed by atoms with E-state index in [2.05, 4.69) is 16.4 Å². The highest BCUT2D eigenvalue weighted by Gasteiger charge is 2.32. The van der Waals surface area contributed by atoms with E-state index in [1.165, 1.54) is 12.8 Å². The van der Waals surface area contributed by atoms with Crippen molar-refractivity contribution >= 4 is 10.9 Å². The summed E-state index contributed by atoms with van der Waals surface area (Å²) in [6.07, 6.45) is 4.79. The van der Waals surface area contributed by atoms with Gasteiger partial charge in [-0.3, -0.25) is 10.3 Å². The molecule has 1 unspecified atom stereocenters. The SMILES string of the molecule is CC(C#N)(CCOc1cccc2ncccc12)NC1CC1. The van der Waals surface area contributed by atoms with Crippen LogP contribution in [0.15, 0.2) is 36.5 Å². The molecule has 0 aliphatic heterocycles. The van der Waals surface area contributed by atoms with Gasteiger partial charge >= 0.3 is 0 Å². The van der Waals surface area contributed by atoms with Gasteiger partial charge in [-0.05, 0) is 44.0 Å². The number of rotatable bonds is 6. The first kappa shape index (κ1) is 13.8. The Morgan fingerprint density at radius 3 is 3.00 bits per heavy atom. The zero-order chi connectivity index (χ0) is 14.7. The van der Waals surface area contributed by atoms with Gasteiger partial charge in [0, 0.05) is 24.0 Å². The minimum Gasteiger partial charge on any atom is -0.493 e. The third-order valence-corrected chi connectivity index (χ3v) is 3.81. The predicted octanol–water partition coefficient (Wildman–Crippen LogP) is 3.04. The maximum Gasteiger partial charge on any atom is 0.128 e. The molecule has 0 bridgehead atoms. The fourth-order valence-electron chi connectivity index (χ4n) is 2.40. The van der Waals surface area contributed by atoms with Crippen LogP contribution in [-0.4, -0.2) is 23.2 Å². The number of aromatic nitrogens is 1. The highest BCUT2D eigenvalue weighted by atomic mass is 16.5. The number of nitrogens with zero attached hydrogens (tertiary/aromatic N) is 2. The number of ether oxygens (including phenoxy) is 1. The monoisotopic (exact) mass is 281 g/mol. The van der Waals surface area contributed by atoms with Gasteiger partial charge in [0.2, 0.25) is 0 Å². The molecule has 1 N–H and O–H groups in total. The Hall–Kier alpha value is -2.12. The zero-order valence-electron chi connectivity index (χ0n) is 12.2. The summed E-state index contributed by atoms with van der Waals surface area (Å²) >= 11 is 0. The standard InChI is InChI=1S/C17H19N3O/c1-17(12-18,20-13-7-8-13)9-11-21-16-6-2-5-15-14(16)4-3-10-19-15/h2-6,10,13,20H,7-9,11H2,1H3. The molecule has 21 heavy (non-hydrogen) atoms. The molecule has 1 fully saturated rings. The molecule has 4 heteroatoms. The fourth-order valence-corrected chi connectivity index (χ4v) is 2.40. The lowest BCUT2D eigenvalue weighted by Gasteiger charge is -2.23. The van der Waals surface area contributed by atoms with Gasteiger partial charge in [-0.2, -0.15) is 5.26 Å². The summed E-state index contributed by atoms with van der Waals surface area (Å²) in [7, 11) is 0. The second-order valence-electron chi connectivity index (χ2n) is 5.79. The number of nitriles is 1. The lowest BCUT2D eigenvalue weighted by atomic mass is 10.0. The molecule has 3 rings (SSSR count). The van der Waals surface area contributed by atoms with Gasteiger partial charge in [-0.15, -0.1) is 0 Å². The van der Waals surface area contributed by atoms with E-state index in [0.29, 0.717) is 19.1 Å². The Morgan fingerprint density at radius 2 is 2.24 bits per heavy atom. The van der Waals surface area contributed by atoms with E-state index in [4.69, 9.17) is 4.74 Å². The molecule has 0 saturated heterocycles. The van der Waals surface area contributed by atoms with Crippen LogP contribution in [0.1, 0.15) is 26.2 Å². The Kier molecular flexibility index (Phi) is 3.76. The van der Waals surface area contributed by atoms with Gasteiger partial charge < -0.3 is 4.74 Å². The largest absolute Gasteiger partial charge is 0.493 e. The number of pyridine rings is 1. The Balaban J connectivity index is 1.65. The molecule has 1 heterocycles. The molecule has 1 atom stereocenters. The van der Waals surface area contributed by atoms with Crippen LogP contribution in [-0.2, 0) is 0 Å². The number of nitrogens with one attached hydrogen (secondary N) is 1. The zero-order valence-corrected chi connectivity index (χ0v) is 12.2. The van der Waals surface area contributed by atoms with Crippen molar-refractivity contribution in [3.8, 4) is 11.8 Å². The van der Waals surface area contributed by atoms with Crippen molar-refractivity contribution in [1.29, 1.82) is 5.26 Å². The molecule has 1 aromatic heterocycles. The molecule has 4 nitrogen and oxygen atoms in total. The summed E-state index contributed by atoms with van der Waals surface area (Å²) in [5, 5.41) is 13.7. The lowest BCUT2D eigenvalue weighted by Crippen LogP contribution is -2.43. The molecule has 1 saturated carbocycles. The van der Waals surface area contributed by atoms with Crippen molar-refractivity contribution in [1.82, 2.24) is 10.3 Å². The molecule has 0 spiro atoms. The average molecular weight is 281 g/mol. The van der Waals surface area contributed by atoms with E-state index in [-0.39, 0.29) is 0 Å². The Bertz CT molecular complexity index is 670. The molecule has 2 aromatic rings. The van der Waals surface area contributed by atoms with Crippen molar-refractivity contribution in [2.45, 2.75) is 37.8 Å². The molecular formula is C17H19N3O. The molecule has 0 radical (unpaired) electrons. The van der Waals surface area contributed by atoms with Gasteiger partial charge in [-0.1, -0.05) is 6.07 Å². The molecular weight excluding hydrogens is 262 g/mol. The van der Waals surface area contributed by atoms with Crippen LogP contribution < -0.4 is 10.1 Å². The molecule has 1 aliphatic carbocycles. The topological polar surface area (TPSA) is 57.9 Å². The first-order valence-corrected chi connectivity index (χ1v) is 7.36. The van der Waals surface area contributed by atoms with Gasteiger partial charge in [0.05, 0.1) is 18.2 Å². The van der Waals surface area contributed by atoms with E-state index in [9.17, 15) is 5.26 Å². The Morgan fingerprint density at radius 1 is 1.38 bits per heavy atom. The summed E-state index contributed by atoms with van der Waals surface area (Å²) in [6, 6.07) is 12.6. The Labute approximate surface area is 124 Å². The lowest BCUT2D eigenvalue weighted by molar-refractivity contribution is 0.268. The van der Waals surface area contributed by atoms with Crippen LogP contribution in [0.5, 0.6) is 5.75 Å². The van der Waals surface area contributed by atoms with Crippen molar-refractivity contribution in [2.75, 3.05) is 6.61 Å². The highest BCUT2D eigenvalue weighted by molar-refractivity contribution is 5.84. The summed E-state index contributed by atoms with van der Waals surface area (Å²) in [5.74, 6) is 0.826. The third kappa shape index (κ3) is 3.32. The fraction of sp³-hybridized carbons (Fsp3) is 0.412. The summed E-state index contributed by atoms with van der Waals surface area (Å²) in [4.78, 5) is 4.32. The second kappa shape index (κ2) is 5.71. The maximum atomic E-state index is 9.35. The predicted molar refractivity (Wildman–Crippen MR) is 82.0 cm³/mol. The third-order valence-electron chi connectivity index (χ3n) is 3.81. The first-order valence-electron chi connectivity index (χ1n) is 7.36. The summed E-state index contributed by atoms with van der Waals surface area (Å²) in [6.45, 7) is 2.46. The van der Waals surface area contributed by atoms with E-state index < -0.39 is 5.54 Å². The smallest absolute Gasteiger partial charge is 0.128 e. The van der Waals surface area contributed by atoms with E-state index in [1.54, 1.807) is 6.20 Å². The van der Waals surface area contributed by atoms with Gasteiger partial charge in [0.15, 0.2) is 0 Å². The van der Waals surface area contributed by atoms with Crippen LogP contribution in [0, 0.1) is 11.3 Å². The number of benzene rings is 1. The van der Waals surface area contributed by atoms with Crippen molar-refractivity contribution < 1.29 is 4.74 Å². The highest BCUT2D eigenvalue weighted by Crippen LogP contribution is 2.26. The van der Waals surface area contributed by atoms with Gasteiger partial charge in [0.25, 0.3) is 0 Å². The number of hydrogen-bond donors (Lipinski definition) is 1. The van der Waals surface area contributed by atoms with E-state index in [1.807, 2.05) is 37.3 Å².